The molecule has 23 heavy (non-hydrogen) atoms. The molecule has 1 aliphatic heterocycles. The molecule has 3 rings (SSSR count). The van der Waals surface area contributed by atoms with Crippen LogP contribution < -0.4 is 5.32 Å². The average molecular weight is 337 g/mol. The summed E-state index contributed by atoms with van der Waals surface area (Å²) in [6.07, 6.45) is 1.67. The topological polar surface area (TPSA) is 109 Å². The minimum Gasteiger partial charge on any atom is -0.367 e. The number of amides is 1. The summed E-state index contributed by atoms with van der Waals surface area (Å²) >= 11 is 1.30. The molecule has 0 aromatic carbocycles. The first kappa shape index (κ1) is 16.0. The van der Waals surface area contributed by atoms with Gasteiger partial charge in [0.05, 0.1) is 13.2 Å². The third-order valence-corrected chi connectivity index (χ3v) is 4.05. The summed E-state index contributed by atoms with van der Waals surface area (Å²) < 4.78 is 5.73. The zero-order chi connectivity index (χ0) is 16.1. The van der Waals surface area contributed by atoms with E-state index < -0.39 is 0 Å². The molecule has 0 saturated carbocycles. The van der Waals surface area contributed by atoms with Crippen LogP contribution in [-0.2, 0) is 16.0 Å². The fraction of sp³-hybridized carbons (Fsp3) is 0.615. The van der Waals surface area contributed by atoms with E-state index in [4.69, 9.17) is 4.74 Å². The Morgan fingerprint density at radius 1 is 1.61 bits per heavy atom. The van der Waals surface area contributed by atoms with E-state index in [0.717, 1.165) is 18.7 Å². The molecular weight excluding hydrogens is 318 g/mol. The van der Waals surface area contributed by atoms with Crippen LogP contribution in [0.5, 0.6) is 0 Å². The number of hydrogen-bond donors (Lipinski definition) is 2. The normalized spacial score (nSPS) is 18.9. The van der Waals surface area contributed by atoms with E-state index in [1.54, 1.807) is 5.51 Å². The molecule has 1 atom stereocenters. The monoisotopic (exact) mass is 337 g/mol. The van der Waals surface area contributed by atoms with E-state index in [1.165, 1.54) is 11.3 Å². The van der Waals surface area contributed by atoms with E-state index in [0.29, 0.717) is 30.7 Å². The number of nitrogens with one attached hydrogen (secondary N) is 2. The Labute approximate surface area is 137 Å². The summed E-state index contributed by atoms with van der Waals surface area (Å²) in [5.74, 6) is 1.42. The maximum atomic E-state index is 12.0. The molecule has 10 heteroatoms. The second kappa shape index (κ2) is 7.57. The van der Waals surface area contributed by atoms with Crippen LogP contribution in [0.2, 0.25) is 0 Å². The standard InChI is InChI=1S/C13H19N7O2S/c1-2-3-10-15-12(18-17-10)9-6-20(4-5-22-9)7-11(21)16-13-19-14-8-23-13/h8-9H,2-7H2,1H3,(H,15,17,18)(H,16,19,21). The molecule has 1 saturated heterocycles. The van der Waals surface area contributed by atoms with E-state index in [9.17, 15) is 4.79 Å². The lowest BCUT2D eigenvalue weighted by atomic mass is 10.2. The molecule has 1 unspecified atom stereocenters. The summed E-state index contributed by atoms with van der Waals surface area (Å²) in [5, 5.41) is 17.9. The van der Waals surface area contributed by atoms with Gasteiger partial charge in [-0.2, -0.15) is 5.10 Å². The van der Waals surface area contributed by atoms with Gasteiger partial charge in [0, 0.05) is 19.5 Å². The van der Waals surface area contributed by atoms with Crippen LogP contribution in [-0.4, -0.2) is 62.4 Å². The summed E-state index contributed by atoms with van der Waals surface area (Å²) in [6, 6.07) is 0. The lowest BCUT2D eigenvalue weighted by Gasteiger charge is -2.30. The molecule has 2 aromatic heterocycles. The van der Waals surface area contributed by atoms with Gasteiger partial charge in [0.15, 0.2) is 5.82 Å². The fourth-order valence-corrected chi connectivity index (χ4v) is 2.86. The van der Waals surface area contributed by atoms with E-state index in [-0.39, 0.29) is 18.6 Å². The lowest BCUT2D eigenvalue weighted by molar-refractivity contribution is -0.119. The highest BCUT2D eigenvalue weighted by Gasteiger charge is 2.26. The van der Waals surface area contributed by atoms with Crippen LogP contribution in [0.25, 0.3) is 0 Å². The summed E-state index contributed by atoms with van der Waals surface area (Å²) in [6.45, 7) is 4.22. The van der Waals surface area contributed by atoms with Crippen LogP contribution in [0.4, 0.5) is 5.13 Å². The number of rotatable bonds is 6. The summed E-state index contributed by atoms with van der Waals surface area (Å²) in [7, 11) is 0. The van der Waals surface area contributed by atoms with Crippen molar-refractivity contribution < 1.29 is 9.53 Å². The fourth-order valence-electron chi connectivity index (χ4n) is 2.39. The largest absolute Gasteiger partial charge is 0.367 e. The van der Waals surface area contributed by atoms with E-state index >= 15 is 0 Å². The van der Waals surface area contributed by atoms with Gasteiger partial charge in [-0.05, 0) is 6.42 Å². The van der Waals surface area contributed by atoms with Crippen molar-refractivity contribution >= 4 is 22.4 Å². The summed E-state index contributed by atoms with van der Waals surface area (Å²) in [4.78, 5) is 18.5. The molecule has 1 fully saturated rings. The second-order valence-electron chi connectivity index (χ2n) is 5.28. The molecule has 2 N–H and O–H groups in total. The molecule has 0 aliphatic carbocycles. The minimum absolute atomic E-state index is 0.107. The number of morpholine rings is 1. The van der Waals surface area contributed by atoms with Crippen molar-refractivity contribution in [1.82, 2.24) is 30.3 Å². The Hall–Kier alpha value is -1.91. The Morgan fingerprint density at radius 2 is 2.52 bits per heavy atom. The minimum atomic E-state index is -0.208. The molecule has 9 nitrogen and oxygen atoms in total. The van der Waals surface area contributed by atoms with Crippen molar-refractivity contribution in [2.45, 2.75) is 25.9 Å². The van der Waals surface area contributed by atoms with Crippen molar-refractivity contribution in [3.63, 3.8) is 0 Å². The zero-order valence-corrected chi connectivity index (χ0v) is 13.7. The van der Waals surface area contributed by atoms with Gasteiger partial charge in [0.1, 0.15) is 17.4 Å². The van der Waals surface area contributed by atoms with Crippen LogP contribution >= 0.6 is 11.3 Å². The molecule has 0 bridgehead atoms. The van der Waals surface area contributed by atoms with Crippen molar-refractivity contribution in [2.75, 3.05) is 31.6 Å². The first-order valence-electron chi connectivity index (χ1n) is 7.55. The molecule has 0 radical (unpaired) electrons. The third-order valence-electron chi connectivity index (χ3n) is 3.45. The Balaban J connectivity index is 1.54. The molecular formula is C13H19N7O2S. The smallest absolute Gasteiger partial charge is 0.240 e. The molecule has 3 heterocycles. The van der Waals surface area contributed by atoms with E-state index in [1.807, 2.05) is 4.90 Å². The van der Waals surface area contributed by atoms with Gasteiger partial charge in [0.25, 0.3) is 0 Å². The van der Waals surface area contributed by atoms with Gasteiger partial charge >= 0.3 is 0 Å². The predicted molar refractivity (Wildman–Crippen MR) is 84.0 cm³/mol. The molecule has 124 valence electrons. The molecule has 0 spiro atoms. The number of aromatic nitrogens is 5. The number of carbonyl (C=O) groups excluding carboxylic acids is 1. The third kappa shape index (κ3) is 4.30. The maximum absolute atomic E-state index is 12.0. The number of aromatic amines is 1. The summed E-state index contributed by atoms with van der Waals surface area (Å²) in [5.41, 5.74) is 1.58. The van der Waals surface area contributed by atoms with Crippen LogP contribution in [0.3, 0.4) is 0 Å². The number of anilines is 1. The van der Waals surface area contributed by atoms with Crippen molar-refractivity contribution in [2.24, 2.45) is 0 Å². The van der Waals surface area contributed by atoms with Gasteiger partial charge in [0.2, 0.25) is 11.0 Å². The Morgan fingerprint density at radius 3 is 3.30 bits per heavy atom. The quantitative estimate of drug-likeness (QED) is 0.795. The zero-order valence-electron chi connectivity index (χ0n) is 12.9. The first-order valence-corrected chi connectivity index (χ1v) is 8.43. The van der Waals surface area contributed by atoms with Crippen molar-refractivity contribution in [3.05, 3.63) is 17.2 Å². The van der Waals surface area contributed by atoms with E-state index in [2.05, 4.69) is 37.6 Å². The number of ether oxygens (including phenoxy) is 1. The highest BCUT2D eigenvalue weighted by atomic mass is 32.1. The number of nitrogens with zero attached hydrogens (tertiary/aromatic N) is 5. The van der Waals surface area contributed by atoms with Crippen molar-refractivity contribution in [3.8, 4) is 0 Å². The maximum Gasteiger partial charge on any atom is 0.240 e. The molecule has 1 aliphatic rings. The lowest BCUT2D eigenvalue weighted by Crippen LogP contribution is -2.42. The highest BCUT2D eigenvalue weighted by molar-refractivity contribution is 7.13. The first-order chi connectivity index (χ1) is 11.2. The van der Waals surface area contributed by atoms with Gasteiger partial charge in [-0.25, -0.2) is 4.98 Å². The Kier molecular flexibility index (Phi) is 5.26. The van der Waals surface area contributed by atoms with Crippen molar-refractivity contribution in [1.29, 1.82) is 0 Å². The predicted octanol–water partition coefficient (Wildman–Crippen LogP) is 0.621. The SMILES string of the molecule is CCCc1nc(C2CN(CC(=O)Nc3nncs3)CCO2)n[nH]1. The van der Waals surface area contributed by atoms with Gasteiger partial charge in [-0.3, -0.25) is 20.1 Å². The second-order valence-corrected chi connectivity index (χ2v) is 6.11. The van der Waals surface area contributed by atoms with Crippen LogP contribution in [0.15, 0.2) is 5.51 Å². The molecule has 2 aromatic rings. The number of aryl methyl sites for hydroxylation is 1. The van der Waals surface area contributed by atoms with Gasteiger partial charge in [-0.1, -0.05) is 18.3 Å². The Bertz CT molecular complexity index is 630. The number of hydrogen-bond acceptors (Lipinski definition) is 8. The average Bonchev–Trinajstić information content (AvgIpc) is 3.20. The molecule has 1 amide bonds. The number of H-pyrrole nitrogens is 1. The van der Waals surface area contributed by atoms with Gasteiger partial charge < -0.3 is 4.74 Å². The van der Waals surface area contributed by atoms with Crippen LogP contribution in [0.1, 0.15) is 31.1 Å². The van der Waals surface area contributed by atoms with Gasteiger partial charge in [-0.15, -0.1) is 10.2 Å². The van der Waals surface area contributed by atoms with Crippen LogP contribution in [0, 0.1) is 0 Å². The highest BCUT2D eigenvalue weighted by Crippen LogP contribution is 2.19. The number of carbonyl (C=O) groups is 1.